The van der Waals surface area contributed by atoms with E-state index in [1.54, 1.807) is 11.3 Å². The topological polar surface area (TPSA) is 26.3 Å². The fourth-order valence-electron chi connectivity index (χ4n) is 3.65. The molecule has 0 atom stereocenters. The van der Waals surface area contributed by atoms with Crippen LogP contribution in [0.3, 0.4) is 0 Å². The number of fused-ring (bicyclic) bond motifs is 1. The van der Waals surface area contributed by atoms with Gasteiger partial charge in [0, 0.05) is 15.3 Å². The van der Waals surface area contributed by atoms with Crippen molar-refractivity contribution in [2.75, 3.05) is 12.4 Å². The van der Waals surface area contributed by atoms with Crippen LogP contribution in [0.1, 0.15) is 60.9 Å². The molecule has 0 radical (unpaired) electrons. The minimum atomic E-state index is -0.179. The van der Waals surface area contributed by atoms with Crippen LogP contribution >= 0.6 is 23.1 Å². The Balaban J connectivity index is 1.80. The van der Waals surface area contributed by atoms with Gasteiger partial charge in [0.25, 0.3) is 0 Å². The molecule has 0 fully saturated rings. The number of esters is 1. The van der Waals surface area contributed by atoms with Gasteiger partial charge in [-0.3, -0.25) is 4.79 Å². The predicted molar refractivity (Wildman–Crippen MR) is 115 cm³/mol. The molecule has 3 rings (SSSR count). The van der Waals surface area contributed by atoms with E-state index in [0.29, 0.717) is 18.4 Å². The molecule has 0 saturated heterocycles. The Morgan fingerprint density at radius 2 is 1.96 bits per heavy atom. The highest BCUT2D eigenvalue weighted by Crippen LogP contribution is 2.46. The summed E-state index contributed by atoms with van der Waals surface area (Å²) in [5.41, 5.74) is 2.85. The van der Waals surface area contributed by atoms with Crippen LogP contribution in [0.5, 0.6) is 0 Å². The van der Waals surface area contributed by atoms with Gasteiger partial charge in [-0.05, 0) is 73.2 Å². The van der Waals surface area contributed by atoms with Crippen LogP contribution < -0.4 is 0 Å². The van der Waals surface area contributed by atoms with Crippen molar-refractivity contribution >= 4 is 29.1 Å². The molecule has 0 amide bonds. The molecule has 2 aromatic rings. The first-order chi connectivity index (χ1) is 13.1. The lowest BCUT2D eigenvalue weighted by Gasteiger charge is -2.37. The van der Waals surface area contributed by atoms with Crippen LogP contribution in [-0.4, -0.2) is 18.3 Å². The van der Waals surface area contributed by atoms with Gasteiger partial charge in [0.05, 0.1) is 17.9 Å². The Morgan fingerprint density at radius 1 is 1.15 bits per heavy atom. The van der Waals surface area contributed by atoms with Crippen LogP contribution in [0.4, 0.5) is 0 Å². The van der Waals surface area contributed by atoms with Gasteiger partial charge in [-0.25, -0.2) is 0 Å². The van der Waals surface area contributed by atoms with E-state index < -0.39 is 0 Å². The SMILES string of the molecule is CCOC(=O)Cc1ccc(C#Cc2ccc3c(c2)C(CC)(CC)CCS3)s1. The zero-order valence-corrected chi connectivity index (χ0v) is 17.9. The van der Waals surface area contributed by atoms with Crippen LogP contribution in [-0.2, 0) is 21.4 Å². The molecule has 0 bridgehead atoms. The second-order valence-electron chi connectivity index (χ2n) is 6.79. The Morgan fingerprint density at radius 3 is 2.70 bits per heavy atom. The summed E-state index contributed by atoms with van der Waals surface area (Å²) in [7, 11) is 0. The molecule has 1 aliphatic rings. The Bertz CT molecular complexity index is 866. The Labute approximate surface area is 170 Å². The van der Waals surface area contributed by atoms with E-state index in [4.69, 9.17) is 4.74 Å². The molecule has 0 aliphatic carbocycles. The second kappa shape index (κ2) is 8.99. The maximum atomic E-state index is 11.6. The summed E-state index contributed by atoms with van der Waals surface area (Å²) >= 11 is 3.53. The molecule has 142 valence electrons. The summed E-state index contributed by atoms with van der Waals surface area (Å²) in [6.07, 6.45) is 3.93. The van der Waals surface area contributed by atoms with E-state index in [9.17, 15) is 4.79 Å². The fraction of sp³-hybridized carbons (Fsp3) is 0.435. The molecule has 1 aromatic heterocycles. The highest BCUT2D eigenvalue weighted by atomic mass is 32.2. The van der Waals surface area contributed by atoms with Crippen molar-refractivity contribution in [3.8, 4) is 11.8 Å². The van der Waals surface area contributed by atoms with Crippen molar-refractivity contribution in [1.82, 2.24) is 0 Å². The molecule has 4 heteroatoms. The van der Waals surface area contributed by atoms with Crippen LogP contribution in [0.2, 0.25) is 0 Å². The highest BCUT2D eigenvalue weighted by molar-refractivity contribution is 7.99. The maximum Gasteiger partial charge on any atom is 0.311 e. The minimum absolute atomic E-state index is 0.179. The quantitative estimate of drug-likeness (QED) is 0.470. The molecule has 0 unspecified atom stereocenters. The van der Waals surface area contributed by atoms with Gasteiger partial charge in [0.2, 0.25) is 0 Å². The molecule has 27 heavy (non-hydrogen) atoms. The first-order valence-corrected chi connectivity index (χ1v) is 11.4. The third kappa shape index (κ3) is 4.59. The largest absolute Gasteiger partial charge is 0.466 e. The zero-order chi connectivity index (χ0) is 19.3. The van der Waals surface area contributed by atoms with Gasteiger partial charge >= 0.3 is 5.97 Å². The molecule has 1 aromatic carbocycles. The average molecular weight is 399 g/mol. The summed E-state index contributed by atoms with van der Waals surface area (Å²) in [6.45, 7) is 6.85. The average Bonchev–Trinajstić information content (AvgIpc) is 3.13. The summed E-state index contributed by atoms with van der Waals surface area (Å²) in [6, 6.07) is 10.6. The van der Waals surface area contributed by atoms with Crippen molar-refractivity contribution in [1.29, 1.82) is 0 Å². The number of hydrogen-bond acceptors (Lipinski definition) is 4. The third-order valence-corrected chi connectivity index (χ3v) is 7.43. The van der Waals surface area contributed by atoms with E-state index in [1.807, 2.05) is 30.8 Å². The third-order valence-electron chi connectivity index (χ3n) is 5.36. The van der Waals surface area contributed by atoms with Gasteiger partial charge in [0.1, 0.15) is 0 Å². The van der Waals surface area contributed by atoms with E-state index in [2.05, 4.69) is 43.9 Å². The number of hydrogen-bond donors (Lipinski definition) is 0. The van der Waals surface area contributed by atoms with Crippen molar-refractivity contribution in [2.24, 2.45) is 0 Å². The number of rotatable bonds is 5. The lowest BCUT2D eigenvalue weighted by Crippen LogP contribution is -2.28. The van der Waals surface area contributed by atoms with Crippen molar-refractivity contribution < 1.29 is 9.53 Å². The smallest absolute Gasteiger partial charge is 0.311 e. The number of benzene rings is 1. The van der Waals surface area contributed by atoms with Gasteiger partial charge < -0.3 is 4.74 Å². The summed E-state index contributed by atoms with van der Waals surface area (Å²) < 4.78 is 5.01. The number of thiophene rings is 1. The highest BCUT2D eigenvalue weighted by Gasteiger charge is 2.33. The molecular formula is C23H26O2S2. The van der Waals surface area contributed by atoms with Gasteiger partial charge in [-0.1, -0.05) is 25.7 Å². The van der Waals surface area contributed by atoms with E-state index >= 15 is 0 Å². The maximum absolute atomic E-state index is 11.6. The van der Waals surface area contributed by atoms with E-state index in [1.165, 1.54) is 35.5 Å². The predicted octanol–water partition coefficient (Wildman–Crippen LogP) is 5.81. The molecule has 0 spiro atoms. The summed E-state index contributed by atoms with van der Waals surface area (Å²) in [4.78, 5) is 15.0. The Kier molecular flexibility index (Phi) is 6.68. The summed E-state index contributed by atoms with van der Waals surface area (Å²) in [5, 5.41) is 0. The lowest BCUT2D eigenvalue weighted by molar-refractivity contribution is -0.142. The zero-order valence-electron chi connectivity index (χ0n) is 16.3. The van der Waals surface area contributed by atoms with E-state index in [-0.39, 0.29) is 5.97 Å². The normalized spacial score (nSPS) is 14.8. The van der Waals surface area contributed by atoms with Gasteiger partial charge in [-0.2, -0.15) is 0 Å². The lowest BCUT2D eigenvalue weighted by atomic mass is 9.73. The number of carbonyl (C=O) groups excluding carboxylic acids is 1. The fourth-order valence-corrected chi connectivity index (χ4v) is 5.81. The molecule has 0 N–H and O–H groups in total. The molecule has 1 aliphatic heterocycles. The monoisotopic (exact) mass is 398 g/mol. The Hall–Kier alpha value is -1.70. The molecule has 0 saturated carbocycles. The van der Waals surface area contributed by atoms with Crippen LogP contribution in [0.15, 0.2) is 35.2 Å². The number of ether oxygens (including phenoxy) is 1. The van der Waals surface area contributed by atoms with E-state index in [0.717, 1.165) is 15.3 Å². The first-order valence-electron chi connectivity index (χ1n) is 9.64. The molecule has 2 heterocycles. The van der Waals surface area contributed by atoms with Crippen LogP contribution in [0.25, 0.3) is 0 Å². The first kappa shape index (κ1) is 20.0. The number of thioether (sulfide) groups is 1. The van der Waals surface area contributed by atoms with Crippen molar-refractivity contribution in [2.45, 2.75) is 56.8 Å². The molecular weight excluding hydrogens is 372 g/mol. The standard InChI is InChI=1S/C23H26O2S2/c1-4-23(5-2)13-14-26-21-12-8-17(15-20(21)23)7-9-18-10-11-19(27-18)16-22(24)25-6-3/h8,10-12,15H,4-6,13-14,16H2,1-3H3. The second-order valence-corrected chi connectivity index (χ2v) is 9.10. The van der Waals surface area contributed by atoms with Gasteiger partial charge in [-0.15, -0.1) is 23.1 Å². The van der Waals surface area contributed by atoms with Gasteiger partial charge in [0.15, 0.2) is 0 Å². The molecule has 2 nitrogen and oxygen atoms in total. The van der Waals surface area contributed by atoms with Crippen molar-refractivity contribution in [3.63, 3.8) is 0 Å². The van der Waals surface area contributed by atoms with Crippen molar-refractivity contribution in [3.05, 3.63) is 51.2 Å². The summed E-state index contributed by atoms with van der Waals surface area (Å²) in [5.74, 6) is 7.62. The minimum Gasteiger partial charge on any atom is -0.466 e. The van der Waals surface area contributed by atoms with Crippen LogP contribution in [0, 0.1) is 11.8 Å². The number of carbonyl (C=O) groups is 1.